The third-order valence-corrected chi connectivity index (χ3v) is 4.60. The fourth-order valence-corrected chi connectivity index (χ4v) is 3.32. The molecule has 0 amide bonds. The van der Waals surface area contributed by atoms with Crippen molar-refractivity contribution in [2.45, 2.75) is 58.0 Å². The number of nitrogens with one attached hydrogen (secondary N) is 1. The smallest absolute Gasteiger partial charge is 0.0580 e. The van der Waals surface area contributed by atoms with Gasteiger partial charge < -0.3 is 15.0 Å². The van der Waals surface area contributed by atoms with Crippen LogP contribution in [0.5, 0.6) is 0 Å². The van der Waals surface area contributed by atoms with E-state index in [1.807, 2.05) is 0 Å². The third kappa shape index (κ3) is 5.80. The summed E-state index contributed by atoms with van der Waals surface area (Å²) in [4.78, 5) is 2.63. The van der Waals surface area contributed by atoms with Crippen molar-refractivity contribution in [2.75, 3.05) is 39.3 Å². The quantitative estimate of drug-likeness (QED) is 0.651. The highest BCUT2D eigenvalue weighted by molar-refractivity contribution is 4.80. The Balaban J connectivity index is 1.35. The highest BCUT2D eigenvalue weighted by Gasteiger charge is 2.28. The first kappa shape index (κ1) is 15.3. The van der Waals surface area contributed by atoms with Gasteiger partial charge >= 0.3 is 0 Å². The monoisotopic (exact) mass is 268 g/mol. The van der Waals surface area contributed by atoms with Crippen molar-refractivity contribution in [2.24, 2.45) is 5.92 Å². The van der Waals surface area contributed by atoms with Crippen LogP contribution in [0.25, 0.3) is 0 Å². The van der Waals surface area contributed by atoms with Crippen molar-refractivity contribution in [3.8, 4) is 0 Å². The van der Waals surface area contributed by atoms with Crippen LogP contribution in [-0.4, -0.2) is 50.3 Å². The van der Waals surface area contributed by atoms with E-state index in [-0.39, 0.29) is 0 Å². The van der Waals surface area contributed by atoms with Gasteiger partial charge in [0, 0.05) is 6.61 Å². The molecule has 2 rings (SSSR count). The van der Waals surface area contributed by atoms with Gasteiger partial charge in [0.1, 0.15) is 0 Å². The van der Waals surface area contributed by atoms with Gasteiger partial charge in [-0.2, -0.15) is 0 Å². The predicted octanol–water partition coefficient (Wildman–Crippen LogP) is 2.66. The zero-order valence-electron chi connectivity index (χ0n) is 12.7. The first-order valence-electron chi connectivity index (χ1n) is 8.43. The molecule has 0 aromatic heterocycles. The lowest BCUT2D eigenvalue weighted by atomic mass is 9.80. The summed E-state index contributed by atoms with van der Waals surface area (Å²) in [5.74, 6) is 0.922. The average molecular weight is 268 g/mol. The summed E-state index contributed by atoms with van der Waals surface area (Å²) in [6, 6.07) is 0. The maximum atomic E-state index is 5.59. The van der Waals surface area contributed by atoms with E-state index >= 15 is 0 Å². The summed E-state index contributed by atoms with van der Waals surface area (Å²) in [6.45, 7) is 9.33. The first-order valence-corrected chi connectivity index (χ1v) is 8.43. The molecule has 3 nitrogen and oxygen atoms in total. The highest BCUT2D eigenvalue weighted by Crippen LogP contribution is 2.32. The van der Waals surface area contributed by atoms with Crippen LogP contribution in [-0.2, 0) is 4.74 Å². The van der Waals surface area contributed by atoms with Crippen LogP contribution in [0.1, 0.15) is 51.9 Å². The number of piperidine rings is 1. The Bertz CT molecular complexity index is 223. The summed E-state index contributed by atoms with van der Waals surface area (Å²) in [7, 11) is 0. The van der Waals surface area contributed by atoms with E-state index in [0.29, 0.717) is 6.10 Å². The molecule has 0 bridgehead atoms. The minimum Gasteiger partial charge on any atom is -0.378 e. The van der Waals surface area contributed by atoms with Crippen molar-refractivity contribution in [3.05, 3.63) is 0 Å². The van der Waals surface area contributed by atoms with Crippen LogP contribution in [0.3, 0.4) is 0 Å². The Kier molecular flexibility index (Phi) is 7.18. The van der Waals surface area contributed by atoms with E-state index in [1.54, 1.807) is 0 Å². The molecule has 0 atom stereocenters. The van der Waals surface area contributed by atoms with Crippen molar-refractivity contribution in [1.82, 2.24) is 10.2 Å². The third-order valence-electron chi connectivity index (χ3n) is 4.60. The number of likely N-dealkylation sites (tertiary alicyclic amines) is 1. The van der Waals surface area contributed by atoms with Crippen LogP contribution < -0.4 is 5.32 Å². The molecule has 0 aromatic carbocycles. The minimum absolute atomic E-state index is 0.578. The molecule has 1 aliphatic carbocycles. The SMILES string of the molecule is CCOC1CC(CCNCCCN2CCCCC2)C1. The Labute approximate surface area is 119 Å². The molecule has 1 heterocycles. The second-order valence-corrected chi connectivity index (χ2v) is 6.21. The van der Waals surface area contributed by atoms with E-state index in [2.05, 4.69) is 17.1 Å². The van der Waals surface area contributed by atoms with Gasteiger partial charge in [-0.15, -0.1) is 0 Å². The molecule has 0 unspecified atom stereocenters. The van der Waals surface area contributed by atoms with E-state index in [1.165, 1.54) is 77.7 Å². The highest BCUT2D eigenvalue weighted by atomic mass is 16.5. The Morgan fingerprint density at radius 2 is 1.89 bits per heavy atom. The van der Waals surface area contributed by atoms with Gasteiger partial charge in [0.15, 0.2) is 0 Å². The average Bonchev–Trinajstić information content (AvgIpc) is 2.40. The van der Waals surface area contributed by atoms with Gasteiger partial charge in [-0.05, 0) is 84.1 Å². The lowest BCUT2D eigenvalue weighted by molar-refractivity contribution is -0.0263. The molecule has 0 spiro atoms. The summed E-state index contributed by atoms with van der Waals surface area (Å²) in [5.41, 5.74) is 0. The van der Waals surface area contributed by atoms with Crippen molar-refractivity contribution >= 4 is 0 Å². The maximum absolute atomic E-state index is 5.59. The number of rotatable bonds is 9. The number of hydrogen-bond acceptors (Lipinski definition) is 3. The molecule has 0 aromatic rings. The van der Waals surface area contributed by atoms with Crippen LogP contribution in [0.4, 0.5) is 0 Å². The second kappa shape index (κ2) is 8.93. The zero-order valence-corrected chi connectivity index (χ0v) is 12.7. The van der Waals surface area contributed by atoms with Gasteiger partial charge in [-0.25, -0.2) is 0 Å². The molecule has 19 heavy (non-hydrogen) atoms. The molecule has 0 radical (unpaired) electrons. The molecule has 1 N–H and O–H groups in total. The lowest BCUT2D eigenvalue weighted by Crippen LogP contribution is -2.34. The Morgan fingerprint density at radius 3 is 2.63 bits per heavy atom. The zero-order chi connectivity index (χ0) is 13.3. The Hall–Kier alpha value is -0.120. The number of hydrogen-bond donors (Lipinski definition) is 1. The van der Waals surface area contributed by atoms with Crippen LogP contribution in [0.15, 0.2) is 0 Å². The summed E-state index contributed by atoms with van der Waals surface area (Å²) >= 11 is 0. The molecule has 2 fully saturated rings. The molecular formula is C16H32N2O. The molecule has 1 aliphatic heterocycles. The van der Waals surface area contributed by atoms with Gasteiger partial charge in [0.05, 0.1) is 6.10 Å². The standard InChI is InChI=1S/C16H32N2O/c1-2-19-16-13-15(14-16)7-9-17-8-6-12-18-10-4-3-5-11-18/h15-17H,2-14H2,1H3. The molecular weight excluding hydrogens is 236 g/mol. The van der Waals surface area contributed by atoms with Gasteiger partial charge in [-0.3, -0.25) is 0 Å². The van der Waals surface area contributed by atoms with E-state index in [9.17, 15) is 0 Å². The molecule has 1 saturated carbocycles. The summed E-state index contributed by atoms with van der Waals surface area (Å²) < 4.78 is 5.59. The summed E-state index contributed by atoms with van der Waals surface area (Å²) in [6.07, 6.45) is 10.1. The normalized spacial score (nSPS) is 28.3. The van der Waals surface area contributed by atoms with E-state index < -0.39 is 0 Å². The predicted molar refractivity (Wildman–Crippen MR) is 80.5 cm³/mol. The summed E-state index contributed by atoms with van der Waals surface area (Å²) in [5, 5.41) is 3.60. The van der Waals surface area contributed by atoms with Crippen molar-refractivity contribution in [3.63, 3.8) is 0 Å². The number of ether oxygens (including phenoxy) is 1. The van der Waals surface area contributed by atoms with Crippen molar-refractivity contribution < 1.29 is 4.74 Å². The van der Waals surface area contributed by atoms with E-state index in [0.717, 1.165) is 12.5 Å². The fraction of sp³-hybridized carbons (Fsp3) is 1.00. The minimum atomic E-state index is 0.578. The van der Waals surface area contributed by atoms with Crippen LogP contribution in [0.2, 0.25) is 0 Å². The maximum Gasteiger partial charge on any atom is 0.0580 e. The van der Waals surface area contributed by atoms with Gasteiger partial charge in [0.2, 0.25) is 0 Å². The van der Waals surface area contributed by atoms with Crippen LogP contribution in [0, 0.1) is 5.92 Å². The molecule has 2 aliphatic rings. The van der Waals surface area contributed by atoms with E-state index in [4.69, 9.17) is 4.74 Å². The molecule has 112 valence electrons. The largest absolute Gasteiger partial charge is 0.378 e. The first-order chi connectivity index (χ1) is 9.38. The van der Waals surface area contributed by atoms with Gasteiger partial charge in [-0.1, -0.05) is 6.42 Å². The van der Waals surface area contributed by atoms with Crippen LogP contribution >= 0.6 is 0 Å². The van der Waals surface area contributed by atoms with Gasteiger partial charge in [0.25, 0.3) is 0 Å². The lowest BCUT2D eigenvalue weighted by Gasteiger charge is -2.35. The Morgan fingerprint density at radius 1 is 1.11 bits per heavy atom. The fourth-order valence-electron chi connectivity index (χ4n) is 3.32. The number of nitrogens with zero attached hydrogens (tertiary/aromatic N) is 1. The second-order valence-electron chi connectivity index (χ2n) is 6.21. The topological polar surface area (TPSA) is 24.5 Å². The molecule has 1 saturated heterocycles. The molecule has 3 heteroatoms. The van der Waals surface area contributed by atoms with Crippen molar-refractivity contribution in [1.29, 1.82) is 0 Å².